The number of carbonyl (C=O) groups is 1. The third kappa shape index (κ3) is 5.87. The third-order valence-electron chi connectivity index (χ3n) is 4.66. The van der Waals surface area contributed by atoms with Crippen molar-refractivity contribution >= 4 is 41.1 Å². The Kier molecular flexibility index (Phi) is 8.67. The van der Waals surface area contributed by atoms with Gasteiger partial charge in [0, 0.05) is 11.6 Å². The minimum atomic E-state index is -4.00. The molecule has 0 saturated carbocycles. The van der Waals surface area contributed by atoms with E-state index in [1.165, 1.54) is 40.7 Å². The van der Waals surface area contributed by atoms with Crippen molar-refractivity contribution in [2.75, 3.05) is 6.61 Å². The van der Waals surface area contributed by atoms with Crippen molar-refractivity contribution < 1.29 is 23.4 Å². The normalized spacial score (nSPS) is 12.2. The van der Waals surface area contributed by atoms with Crippen LogP contribution < -0.4 is 0 Å². The van der Waals surface area contributed by atoms with E-state index in [0.717, 1.165) is 0 Å². The molecule has 1 atom stereocenters. The van der Waals surface area contributed by atoms with Crippen LogP contribution in [0.3, 0.4) is 0 Å². The molecule has 0 saturated heterocycles. The summed E-state index contributed by atoms with van der Waals surface area (Å²) in [6.07, 6.45) is 0. The van der Waals surface area contributed by atoms with Crippen molar-refractivity contribution in [1.82, 2.24) is 4.31 Å². The highest BCUT2D eigenvalue weighted by atomic mass is 35.5. The second kappa shape index (κ2) is 10.8. The van der Waals surface area contributed by atoms with Gasteiger partial charge in [-0.05, 0) is 47.5 Å². The van der Waals surface area contributed by atoms with E-state index in [0.29, 0.717) is 16.1 Å². The fourth-order valence-corrected chi connectivity index (χ4v) is 4.79. The van der Waals surface area contributed by atoms with Crippen molar-refractivity contribution in [2.45, 2.75) is 17.5 Å². The molecular formula is C22H22ClNO5S2. The zero-order chi connectivity index (χ0) is 21.7. The van der Waals surface area contributed by atoms with Crippen molar-refractivity contribution in [1.29, 1.82) is 0 Å². The van der Waals surface area contributed by atoms with Crippen LogP contribution in [0.5, 0.6) is 0 Å². The summed E-state index contributed by atoms with van der Waals surface area (Å²) in [7, 11) is -4.00. The summed E-state index contributed by atoms with van der Waals surface area (Å²) in [6.45, 7) is -0.477. The Balaban J connectivity index is 0.00000341. The van der Waals surface area contributed by atoms with E-state index >= 15 is 0 Å². The van der Waals surface area contributed by atoms with Crippen LogP contribution in [0.1, 0.15) is 27.5 Å². The van der Waals surface area contributed by atoms with Gasteiger partial charge in [0.05, 0.1) is 23.1 Å². The van der Waals surface area contributed by atoms with E-state index in [4.69, 9.17) is 16.7 Å². The Labute approximate surface area is 193 Å². The molecule has 0 aromatic heterocycles. The van der Waals surface area contributed by atoms with Gasteiger partial charge in [-0.2, -0.15) is 17.8 Å². The molecule has 0 aliphatic rings. The van der Waals surface area contributed by atoms with Crippen LogP contribution >= 0.6 is 25.1 Å². The summed E-state index contributed by atoms with van der Waals surface area (Å²) in [5.74, 6) is -1.07. The minimum absolute atomic E-state index is 0. The minimum Gasteiger partial charge on any atom is -0.478 e. The first-order valence-corrected chi connectivity index (χ1v) is 10.9. The number of benzene rings is 3. The van der Waals surface area contributed by atoms with Crippen LogP contribution in [0.25, 0.3) is 0 Å². The standard InChI is InChI=1S/C22H20ClNO5S.H2S/c23-19-10-12-20(13-11-19)30(28,29)24(21(15-25)17-4-2-1-3-5-17)14-16-6-8-18(9-7-16)22(26)27;/h1-13,21,25H,14-15H2,(H,26,27);1H2/t21-;/m1./s1. The van der Waals surface area contributed by atoms with Gasteiger partial charge < -0.3 is 10.2 Å². The number of aliphatic hydroxyl groups excluding tert-OH is 1. The summed E-state index contributed by atoms with van der Waals surface area (Å²) in [6, 6.07) is 19.8. The summed E-state index contributed by atoms with van der Waals surface area (Å²) in [5.41, 5.74) is 1.33. The second-order valence-corrected chi connectivity index (χ2v) is 8.94. The van der Waals surface area contributed by atoms with E-state index < -0.39 is 28.6 Å². The highest BCUT2D eigenvalue weighted by molar-refractivity contribution is 7.89. The molecule has 0 amide bonds. The van der Waals surface area contributed by atoms with Crippen LogP contribution in [0, 0.1) is 0 Å². The molecule has 0 bridgehead atoms. The molecule has 0 heterocycles. The number of carboxylic acids is 1. The molecule has 2 N–H and O–H groups in total. The van der Waals surface area contributed by atoms with E-state index in [9.17, 15) is 18.3 Å². The van der Waals surface area contributed by atoms with E-state index in [2.05, 4.69) is 0 Å². The fraction of sp³-hybridized carbons (Fsp3) is 0.136. The number of hydrogen-bond donors (Lipinski definition) is 2. The number of nitrogens with zero attached hydrogens (tertiary/aromatic N) is 1. The summed E-state index contributed by atoms with van der Waals surface area (Å²) in [5, 5.41) is 19.6. The predicted molar refractivity (Wildman–Crippen MR) is 124 cm³/mol. The fourth-order valence-electron chi connectivity index (χ4n) is 3.08. The maximum Gasteiger partial charge on any atom is 0.335 e. The lowest BCUT2D eigenvalue weighted by Gasteiger charge is -2.30. The van der Waals surface area contributed by atoms with Crippen LogP contribution in [-0.2, 0) is 16.6 Å². The number of rotatable bonds is 8. The van der Waals surface area contributed by atoms with Crippen LogP contribution in [-0.4, -0.2) is 35.5 Å². The zero-order valence-corrected chi connectivity index (χ0v) is 18.9. The average Bonchev–Trinajstić information content (AvgIpc) is 2.75. The number of hydrogen-bond acceptors (Lipinski definition) is 4. The van der Waals surface area contributed by atoms with Gasteiger partial charge in [-0.3, -0.25) is 0 Å². The first kappa shape index (κ1) is 24.9. The van der Waals surface area contributed by atoms with Gasteiger partial charge in [0.1, 0.15) is 0 Å². The number of carboxylic acid groups (broad SMARTS) is 1. The molecule has 0 fully saturated rings. The number of sulfonamides is 1. The van der Waals surface area contributed by atoms with Gasteiger partial charge >= 0.3 is 5.97 Å². The van der Waals surface area contributed by atoms with Gasteiger partial charge in [-0.25, -0.2) is 13.2 Å². The first-order valence-electron chi connectivity index (χ1n) is 9.08. The number of aliphatic hydroxyl groups is 1. The largest absolute Gasteiger partial charge is 0.478 e. The Morgan fingerprint density at radius 1 is 0.935 bits per heavy atom. The zero-order valence-electron chi connectivity index (χ0n) is 16.3. The first-order chi connectivity index (χ1) is 14.3. The maximum atomic E-state index is 13.5. The van der Waals surface area contributed by atoms with Crippen LogP contribution in [0.2, 0.25) is 5.02 Å². The molecule has 3 aromatic rings. The van der Waals surface area contributed by atoms with E-state index in [-0.39, 0.29) is 30.5 Å². The van der Waals surface area contributed by atoms with Gasteiger partial charge in [0.15, 0.2) is 0 Å². The molecule has 0 aliphatic heterocycles. The van der Waals surface area contributed by atoms with Crippen LogP contribution in [0.4, 0.5) is 0 Å². The molecule has 6 nitrogen and oxygen atoms in total. The van der Waals surface area contributed by atoms with E-state index in [1.807, 2.05) is 0 Å². The molecule has 0 spiro atoms. The predicted octanol–water partition coefficient (Wildman–Crippen LogP) is 4.08. The highest BCUT2D eigenvalue weighted by Gasteiger charge is 2.32. The lowest BCUT2D eigenvalue weighted by molar-refractivity contribution is 0.0697. The van der Waals surface area contributed by atoms with Gasteiger partial charge in [-0.1, -0.05) is 54.1 Å². The summed E-state index contributed by atoms with van der Waals surface area (Å²) in [4.78, 5) is 11.1. The quantitative estimate of drug-likeness (QED) is 0.507. The van der Waals surface area contributed by atoms with E-state index in [1.54, 1.807) is 42.5 Å². The molecular weight excluding hydrogens is 458 g/mol. The molecule has 9 heteroatoms. The average molecular weight is 480 g/mol. The Hall–Kier alpha value is -2.36. The van der Waals surface area contributed by atoms with Crippen LogP contribution in [0.15, 0.2) is 83.8 Å². The Morgan fingerprint density at radius 3 is 2.03 bits per heavy atom. The third-order valence-corrected chi connectivity index (χ3v) is 6.79. The lowest BCUT2D eigenvalue weighted by atomic mass is 10.1. The summed E-state index contributed by atoms with van der Waals surface area (Å²) >= 11 is 5.90. The molecule has 31 heavy (non-hydrogen) atoms. The molecule has 164 valence electrons. The smallest absolute Gasteiger partial charge is 0.335 e. The number of aromatic carboxylic acids is 1. The second-order valence-electron chi connectivity index (χ2n) is 6.62. The van der Waals surface area contributed by atoms with Gasteiger partial charge in [0.2, 0.25) is 10.0 Å². The lowest BCUT2D eigenvalue weighted by Crippen LogP contribution is -2.36. The topological polar surface area (TPSA) is 94.9 Å². The molecule has 3 rings (SSSR count). The van der Waals surface area contributed by atoms with Crippen molar-refractivity contribution in [3.63, 3.8) is 0 Å². The molecule has 0 aliphatic carbocycles. The van der Waals surface area contributed by atoms with Crippen molar-refractivity contribution in [2.24, 2.45) is 0 Å². The van der Waals surface area contributed by atoms with Gasteiger partial charge in [-0.15, -0.1) is 0 Å². The SMILES string of the molecule is O=C(O)c1ccc(CN([C@H](CO)c2ccccc2)S(=O)(=O)c2ccc(Cl)cc2)cc1.S. The molecule has 0 radical (unpaired) electrons. The monoisotopic (exact) mass is 479 g/mol. The van der Waals surface area contributed by atoms with Crippen molar-refractivity contribution in [3.8, 4) is 0 Å². The Bertz CT molecular complexity index is 1100. The Morgan fingerprint density at radius 2 is 1.52 bits per heavy atom. The maximum absolute atomic E-state index is 13.5. The summed E-state index contributed by atoms with van der Waals surface area (Å²) < 4.78 is 28.2. The molecule has 3 aromatic carbocycles. The number of halogens is 1. The highest BCUT2D eigenvalue weighted by Crippen LogP contribution is 2.30. The van der Waals surface area contributed by atoms with Crippen molar-refractivity contribution in [3.05, 3.63) is 101 Å². The molecule has 0 unspecified atom stereocenters. The van der Waals surface area contributed by atoms with Gasteiger partial charge in [0.25, 0.3) is 0 Å².